The summed E-state index contributed by atoms with van der Waals surface area (Å²) in [6, 6.07) is 11.5. The summed E-state index contributed by atoms with van der Waals surface area (Å²) in [5.74, 6) is 0. The Balaban J connectivity index is 1.91. The largest absolute Gasteiger partial charge is 0.279 e. The maximum absolute atomic E-state index is 12.4. The Kier molecular flexibility index (Phi) is 4.98. The highest BCUT2D eigenvalue weighted by Crippen LogP contribution is 2.21. The number of hydrazone groups is 1. The van der Waals surface area contributed by atoms with Crippen molar-refractivity contribution in [2.24, 2.45) is 5.10 Å². The third kappa shape index (κ3) is 3.48. The van der Waals surface area contributed by atoms with Gasteiger partial charge in [0.1, 0.15) is 0 Å². The summed E-state index contributed by atoms with van der Waals surface area (Å²) in [5.41, 5.74) is 2.12. The van der Waals surface area contributed by atoms with Crippen molar-refractivity contribution < 1.29 is 0 Å². The molecule has 0 spiro atoms. The molecule has 25 heavy (non-hydrogen) atoms. The molecule has 3 rings (SSSR count). The lowest BCUT2D eigenvalue weighted by Crippen LogP contribution is -2.39. The number of halogens is 2. The van der Waals surface area contributed by atoms with Crippen LogP contribution >= 0.6 is 35.4 Å². The molecule has 9 heteroatoms. The highest BCUT2D eigenvalue weighted by molar-refractivity contribution is 7.80. The molecule has 2 aromatic carbocycles. The van der Waals surface area contributed by atoms with Crippen LogP contribution in [-0.2, 0) is 0 Å². The van der Waals surface area contributed by atoms with Gasteiger partial charge in [0, 0.05) is 5.56 Å². The maximum atomic E-state index is 12.4. The van der Waals surface area contributed by atoms with Gasteiger partial charge in [0.25, 0.3) is 11.1 Å². The van der Waals surface area contributed by atoms with Crippen LogP contribution in [0.4, 0.5) is 0 Å². The second kappa shape index (κ2) is 7.18. The van der Waals surface area contributed by atoms with Gasteiger partial charge in [-0.05, 0) is 36.5 Å². The van der Waals surface area contributed by atoms with Crippen molar-refractivity contribution in [3.63, 3.8) is 0 Å². The summed E-state index contributed by atoms with van der Waals surface area (Å²) in [4.78, 5) is 24.5. The van der Waals surface area contributed by atoms with Crippen molar-refractivity contribution >= 4 is 57.5 Å². The third-order valence-electron chi connectivity index (χ3n) is 3.38. The molecule has 0 amide bonds. The molecule has 3 aromatic rings. The Morgan fingerprint density at radius 2 is 1.72 bits per heavy atom. The van der Waals surface area contributed by atoms with Crippen molar-refractivity contribution in [1.82, 2.24) is 15.2 Å². The minimum absolute atomic E-state index is 0.0905. The van der Waals surface area contributed by atoms with Gasteiger partial charge in [-0.1, -0.05) is 41.4 Å². The van der Waals surface area contributed by atoms with Crippen LogP contribution in [0.1, 0.15) is 5.56 Å². The minimum Gasteiger partial charge on any atom is -0.267 e. The molecule has 126 valence electrons. The summed E-state index contributed by atoms with van der Waals surface area (Å²) >= 11 is 17.2. The van der Waals surface area contributed by atoms with Crippen LogP contribution in [0.2, 0.25) is 10.0 Å². The lowest BCUT2D eigenvalue weighted by molar-refractivity contribution is 0.813. The van der Waals surface area contributed by atoms with Crippen LogP contribution < -0.4 is 16.5 Å². The summed E-state index contributed by atoms with van der Waals surface area (Å²) in [5, 5.41) is 7.62. The van der Waals surface area contributed by atoms with Gasteiger partial charge >= 0.3 is 0 Å². The topological polar surface area (TPSA) is 79.2 Å². The average Bonchev–Trinajstić information content (AvgIpc) is 2.60. The SMILES string of the molecule is O=c1[nH]n(C(=S)N/N=C/c2c(Cl)cccc2Cl)c(=O)c2ccccc12. The van der Waals surface area contributed by atoms with Gasteiger partial charge in [-0.2, -0.15) is 9.78 Å². The third-order valence-corrected chi connectivity index (χ3v) is 4.31. The van der Waals surface area contributed by atoms with E-state index in [0.717, 1.165) is 4.68 Å². The van der Waals surface area contributed by atoms with E-state index in [1.54, 1.807) is 42.5 Å². The fraction of sp³-hybridized carbons (Fsp3) is 0. The molecule has 0 atom stereocenters. The average molecular weight is 393 g/mol. The number of H-pyrrole nitrogens is 1. The van der Waals surface area contributed by atoms with Gasteiger partial charge in [-0.3, -0.25) is 20.1 Å². The van der Waals surface area contributed by atoms with Gasteiger partial charge in [0.05, 0.1) is 27.0 Å². The van der Waals surface area contributed by atoms with E-state index in [1.807, 2.05) is 0 Å². The number of rotatable bonds is 2. The molecule has 2 N–H and O–H groups in total. The number of hydrogen-bond acceptors (Lipinski definition) is 4. The molecule has 6 nitrogen and oxygen atoms in total. The number of nitrogens with zero attached hydrogens (tertiary/aromatic N) is 2. The molecule has 0 aliphatic rings. The molecule has 0 aliphatic carbocycles. The first kappa shape index (κ1) is 17.3. The summed E-state index contributed by atoms with van der Waals surface area (Å²) < 4.78 is 0.922. The van der Waals surface area contributed by atoms with Crippen molar-refractivity contribution in [2.45, 2.75) is 0 Å². The van der Waals surface area contributed by atoms with E-state index in [-0.39, 0.29) is 15.9 Å². The van der Waals surface area contributed by atoms with Crippen LogP contribution in [0.3, 0.4) is 0 Å². The molecule has 1 aromatic heterocycles. The lowest BCUT2D eigenvalue weighted by atomic mass is 10.2. The first-order valence-electron chi connectivity index (χ1n) is 7.00. The number of aromatic amines is 1. The van der Waals surface area contributed by atoms with Gasteiger partial charge in [-0.15, -0.1) is 0 Å². The first-order valence-corrected chi connectivity index (χ1v) is 8.17. The Morgan fingerprint density at radius 1 is 1.08 bits per heavy atom. The Bertz CT molecular complexity index is 1100. The molecule has 0 saturated heterocycles. The van der Waals surface area contributed by atoms with E-state index < -0.39 is 11.1 Å². The lowest BCUT2D eigenvalue weighted by Gasteiger charge is -2.07. The number of hydrogen-bond donors (Lipinski definition) is 2. The summed E-state index contributed by atoms with van der Waals surface area (Å²) in [6.07, 6.45) is 1.38. The predicted octanol–water partition coefficient (Wildman–Crippen LogP) is 2.75. The van der Waals surface area contributed by atoms with Gasteiger partial charge in [0.2, 0.25) is 5.11 Å². The smallest absolute Gasteiger partial charge is 0.267 e. The van der Waals surface area contributed by atoms with Gasteiger partial charge < -0.3 is 0 Å². The van der Waals surface area contributed by atoms with Crippen molar-refractivity contribution in [3.05, 3.63) is 78.8 Å². The standard InChI is InChI=1S/C16H10Cl2N4O2S/c17-12-6-3-7-13(18)11(12)8-19-20-16(25)22-15(24)10-5-2-1-4-9(10)14(23)21-22/h1-8H,(H,20,25)(H,21,23)/b19-8+. The zero-order valence-corrected chi connectivity index (χ0v) is 14.8. The molecule has 0 saturated carbocycles. The summed E-state index contributed by atoms with van der Waals surface area (Å²) in [7, 11) is 0. The fourth-order valence-corrected chi connectivity index (χ4v) is 2.86. The molecule has 0 radical (unpaired) electrons. The number of aromatic nitrogens is 2. The van der Waals surface area contributed by atoms with Gasteiger partial charge in [-0.25, -0.2) is 0 Å². The zero-order valence-electron chi connectivity index (χ0n) is 12.5. The maximum Gasteiger partial charge on any atom is 0.279 e. The van der Waals surface area contributed by atoms with Crippen LogP contribution in [-0.4, -0.2) is 21.1 Å². The second-order valence-corrected chi connectivity index (χ2v) is 6.14. The Labute approximate surface area is 156 Å². The first-order chi connectivity index (χ1) is 12.0. The number of nitrogens with one attached hydrogen (secondary N) is 2. The van der Waals surface area contributed by atoms with E-state index in [9.17, 15) is 9.59 Å². The number of thiocarbonyl (C=S) groups is 1. The fourth-order valence-electron chi connectivity index (χ4n) is 2.18. The van der Waals surface area contributed by atoms with Crippen molar-refractivity contribution in [1.29, 1.82) is 0 Å². The molecule has 1 heterocycles. The highest BCUT2D eigenvalue weighted by Gasteiger charge is 2.09. The Morgan fingerprint density at radius 3 is 2.40 bits per heavy atom. The molecule has 0 fully saturated rings. The van der Waals surface area contributed by atoms with Crippen LogP contribution in [0, 0.1) is 0 Å². The predicted molar refractivity (Wildman–Crippen MR) is 104 cm³/mol. The monoisotopic (exact) mass is 392 g/mol. The zero-order chi connectivity index (χ0) is 18.0. The molecule has 0 unspecified atom stereocenters. The number of benzene rings is 2. The molecular weight excluding hydrogens is 383 g/mol. The normalized spacial score (nSPS) is 11.1. The second-order valence-electron chi connectivity index (χ2n) is 4.94. The molecular formula is C16H10Cl2N4O2S. The molecule has 0 aliphatic heterocycles. The summed E-state index contributed by atoms with van der Waals surface area (Å²) in [6.45, 7) is 0. The van der Waals surface area contributed by atoms with E-state index in [4.69, 9.17) is 35.4 Å². The van der Waals surface area contributed by atoms with E-state index >= 15 is 0 Å². The quantitative estimate of drug-likeness (QED) is 0.399. The number of fused-ring (bicyclic) bond motifs is 1. The van der Waals surface area contributed by atoms with Crippen LogP contribution in [0.15, 0.2) is 57.2 Å². The minimum atomic E-state index is -0.460. The molecule has 0 bridgehead atoms. The van der Waals surface area contributed by atoms with E-state index in [0.29, 0.717) is 15.6 Å². The van der Waals surface area contributed by atoms with Crippen molar-refractivity contribution in [2.75, 3.05) is 0 Å². The van der Waals surface area contributed by atoms with E-state index in [2.05, 4.69) is 15.6 Å². The highest BCUT2D eigenvalue weighted by atomic mass is 35.5. The van der Waals surface area contributed by atoms with Crippen LogP contribution in [0.25, 0.3) is 10.8 Å². The van der Waals surface area contributed by atoms with Crippen LogP contribution in [0.5, 0.6) is 0 Å². The van der Waals surface area contributed by atoms with E-state index in [1.165, 1.54) is 6.21 Å². The Hall–Kier alpha value is -2.48. The van der Waals surface area contributed by atoms with Gasteiger partial charge in [0.15, 0.2) is 0 Å². The van der Waals surface area contributed by atoms with Crippen molar-refractivity contribution in [3.8, 4) is 0 Å².